The maximum atomic E-state index is 5.19. The van der Waals surface area contributed by atoms with Gasteiger partial charge in [-0.3, -0.25) is 0 Å². The predicted molar refractivity (Wildman–Crippen MR) is 74.9 cm³/mol. The molecule has 0 N–H and O–H groups in total. The number of fused-ring (bicyclic) bond motifs is 1. The van der Waals surface area contributed by atoms with Gasteiger partial charge in [-0.05, 0) is 35.2 Å². The van der Waals surface area contributed by atoms with Gasteiger partial charge >= 0.3 is 0 Å². The third-order valence-corrected chi connectivity index (χ3v) is 3.55. The summed E-state index contributed by atoms with van der Waals surface area (Å²) in [6.45, 7) is 0. The number of benzene rings is 2. The Bertz CT molecular complexity index is 566. The third kappa shape index (κ3) is 2.04. The Morgan fingerprint density at radius 1 is 1.00 bits per heavy atom. The molecule has 0 bridgehead atoms. The van der Waals surface area contributed by atoms with E-state index in [-0.39, 0.29) is 0 Å². The quantitative estimate of drug-likeness (QED) is 0.764. The Morgan fingerprint density at radius 2 is 1.78 bits per heavy atom. The van der Waals surface area contributed by atoms with Crippen molar-refractivity contribution in [3.63, 3.8) is 0 Å². The molecular weight excluding hydrogens is 220 g/mol. The van der Waals surface area contributed by atoms with Crippen molar-refractivity contribution in [3.8, 4) is 5.75 Å². The molecule has 0 amide bonds. The van der Waals surface area contributed by atoms with E-state index in [2.05, 4.69) is 48.6 Å². The monoisotopic (exact) mass is 236 g/mol. The molecule has 1 unspecified atom stereocenters. The number of methoxy groups -OCH3 is 1. The highest BCUT2D eigenvalue weighted by molar-refractivity contribution is 5.58. The molecule has 0 aromatic heterocycles. The van der Waals surface area contributed by atoms with Crippen molar-refractivity contribution in [1.82, 2.24) is 0 Å². The van der Waals surface area contributed by atoms with Gasteiger partial charge in [0.15, 0.2) is 0 Å². The van der Waals surface area contributed by atoms with E-state index in [1.807, 2.05) is 12.1 Å². The van der Waals surface area contributed by atoms with Crippen LogP contribution in [0.1, 0.15) is 22.6 Å². The largest absolute Gasteiger partial charge is 0.497 e. The summed E-state index contributed by atoms with van der Waals surface area (Å²) in [7, 11) is 1.70. The van der Waals surface area contributed by atoms with Gasteiger partial charge in [-0.25, -0.2) is 0 Å². The minimum atomic E-state index is 0.478. The molecular formula is C17H16O. The SMILES string of the molecule is COc1ccc(C2C=Cc3ccccc3C2)cc1. The highest BCUT2D eigenvalue weighted by Gasteiger charge is 2.14. The molecule has 0 fully saturated rings. The standard InChI is InChI=1S/C17H16O/c1-18-17-10-8-14(9-11-17)16-7-6-13-4-2-3-5-15(13)12-16/h2-11,16H,12H2,1H3. The van der Waals surface area contributed by atoms with Crippen molar-refractivity contribution in [2.24, 2.45) is 0 Å². The number of allylic oxidation sites excluding steroid dienone is 1. The zero-order valence-corrected chi connectivity index (χ0v) is 10.5. The molecule has 1 aliphatic carbocycles. The highest BCUT2D eigenvalue weighted by atomic mass is 16.5. The van der Waals surface area contributed by atoms with Crippen molar-refractivity contribution in [3.05, 3.63) is 71.3 Å². The molecule has 0 spiro atoms. The lowest BCUT2D eigenvalue weighted by Crippen LogP contribution is -2.05. The van der Waals surface area contributed by atoms with Crippen LogP contribution in [0.3, 0.4) is 0 Å². The normalized spacial score (nSPS) is 17.3. The molecule has 0 saturated heterocycles. The molecule has 3 rings (SSSR count). The van der Waals surface area contributed by atoms with Gasteiger partial charge in [0.25, 0.3) is 0 Å². The van der Waals surface area contributed by atoms with Gasteiger partial charge < -0.3 is 4.74 Å². The number of rotatable bonds is 2. The topological polar surface area (TPSA) is 9.23 Å². The fraction of sp³-hybridized carbons (Fsp3) is 0.176. The summed E-state index contributed by atoms with van der Waals surface area (Å²) in [5.74, 6) is 1.39. The van der Waals surface area contributed by atoms with Crippen LogP contribution >= 0.6 is 0 Å². The van der Waals surface area contributed by atoms with Crippen molar-refractivity contribution >= 4 is 6.08 Å². The maximum Gasteiger partial charge on any atom is 0.118 e. The van der Waals surface area contributed by atoms with Crippen LogP contribution < -0.4 is 4.74 Å². The molecule has 0 heterocycles. The van der Waals surface area contributed by atoms with Gasteiger partial charge in [0.05, 0.1) is 7.11 Å². The van der Waals surface area contributed by atoms with E-state index < -0.39 is 0 Å². The Morgan fingerprint density at radius 3 is 2.56 bits per heavy atom. The fourth-order valence-corrected chi connectivity index (χ4v) is 2.49. The van der Waals surface area contributed by atoms with Crippen molar-refractivity contribution in [1.29, 1.82) is 0 Å². The van der Waals surface area contributed by atoms with Crippen LogP contribution in [-0.2, 0) is 6.42 Å². The van der Waals surface area contributed by atoms with Gasteiger partial charge in [0.2, 0.25) is 0 Å². The van der Waals surface area contributed by atoms with Crippen LogP contribution in [0.25, 0.3) is 6.08 Å². The first-order valence-electron chi connectivity index (χ1n) is 6.27. The highest BCUT2D eigenvalue weighted by Crippen LogP contribution is 2.30. The van der Waals surface area contributed by atoms with Gasteiger partial charge in [-0.1, -0.05) is 48.6 Å². The Labute approximate surface area is 108 Å². The fourth-order valence-electron chi connectivity index (χ4n) is 2.49. The molecule has 2 aromatic carbocycles. The van der Waals surface area contributed by atoms with Crippen LogP contribution in [0, 0.1) is 0 Å². The molecule has 0 radical (unpaired) electrons. The number of hydrogen-bond donors (Lipinski definition) is 0. The smallest absolute Gasteiger partial charge is 0.118 e. The average molecular weight is 236 g/mol. The molecule has 1 heteroatoms. The van der Waals surface area contributed by atoms with E-state index in [1.165, 1.54) is 16.7 Å². The molecule has 18 heavy (non-hydrogen) atoms. The molecule has 90 valence electrons. The van der Waals surface area contributed by atoms with Gasteiger partial charge in [0.1, 0.15) is 5.75 Å². The lowest BCUT2D eigenvalue weighted by Gasteiger charge is -2.19. The van der Waals surface area contributed by atoms with Gasteiger partial charge in [-0.15, -0.1) is 0 Å². The average Bonchev–Trinajstić information content (AvgIpc) is 2.47. The second kappa shape index (κ2) is 4.69. The Kier molecular flexibility index (Phi) is 2.89. The molecule has 0 aliphatic heterocycles. The minimum Gasteiger partial charge on any atom is -0.497 e. The van der Waals surface area contributed by atoms with Crippen LogP contribution in [0.4, 0.5) is 0 Å². The van der Waals surface area contributed by atoms with E-state index in [0.29, 0.717) is 5.92 Å². The van der Waals surface area contributed by atoms with Crippen LogP contribution in [0.15, 0.2) is 54.6 Å². The summed E-state index contributed by atoms with van der Waals surface area (Å²) >= 11 is 0. The van der Waals surface area contributed by atoms with E-state index in [4.69, 9.17) is 4.74 Å². The van der Waals surface area contributed by atoms with Crippen molar-refractivity contribution in [2.75, 3.05) is 7.11 Å². The molecule has 2 aromatic rings. The maximum absolute atomic E-state index is 5.19. The molecule has 0 saturated carbocycles. The van der Waals surface area contributed by atoms with Crippen molar-refractivity contribution in [2.45, 2.75) is 12.3 Å². The first-order chi connectivity index (χ1) is 8.86. The summed E-state index contributed by atoms with van der Waals surface area (Å²) in [5.41, 5.74) is 4.13. The zero-order valence-electron chi connectivity index (χ0n) is 10.5. The summed E-state index contributed by atoms with van der Waals surface area (Å²) in [6, 6.07) is 17.0. The summed E-state index contributed by atoms with van der Waals surface area (Å²) in [6.07, 6.45) is 5.61. The van der Waals surface area contributed by atoms with Crippen LogP contribution in [0.2, 0.25) is 0 Å². The second-order valence-corrected chi connectivity index (χ2v) is 4.64. The van der Waals surface area contributed by atoms with Gasteiger partial charge in [-0.2, -0.15) is 0 Å². The van der Waals surface area contributed by atoms with E-state index in [0.717, 1.165) is 12.2 Å². The zero-order chi connectivity index (χ0) is 12.4. The van der Waals surface area contributed by atoms with Gasteiger partial charge in [0, 0.05) is 5.92 Å². The van der Waals surface area contributed by atoms with Crippen LogP contribution in [0.5, 0.6) is 5.75 Å². The van der Waals surface area contributed by atoms with Crippen LogP contribution in [-0.4, -0.2) is 7.11 Å². The second-order valence-electron chi connectivity index (χ2n) is 4.64. The Hall–Kier alpha value is -2.02. The summed E-state index contributed by atoms with van der Waals surface area (Å²) in [5, 5.41) is 0. The first-order valence-corrected chi connectivity index (χ1v) is 6.27. The Balaban J connectivity index is 1.87. The summed E-state index contributed by atoms with van der Waals surface area (Å²) in [4.78, 5) is 0. The lowest BCUT2D eigenvalue weighted by molar-refractivity contribution is 0.414. The third-order valence-electron chi connectivity index (χ3n) is 3.55. The molecule has 1 atom stereocenters. The predicted octanol–water partition coefficient (Wildman–Crippen LogP) is 4.05. The van der Waals surface area contributed by atoms with E-state index >= 15 is 0 Å². The first kappa shape index (κ1) is 11.1. The lowest BCUT2D eigenvalue weighted by atomic mass is 9.85. The van der Waals surface area contributed by atoms with E-state index in [9.17, 15) is 0 Å². The van der Waals surface area contributed by atoms with E-state index in [1.54, 1.807) is 7.11 Å². The van der Waals surface area contributed by atoms with Crippen molar-refractivity contribution < 1.29 is 4.74 Å². The minimum absolute atomic E-state index is 0.478. The molecule has 1 nitrogen and oxygen atoms in total. The summed E-state index contributed by atoms with van der Waals surface area (Å²) < 4.78 is 5.19. The number of hydrogen-bond acceptors (Lipinski definition) is 1. The molecule has 1 aliphatic rings. The number of ether oxygens (including phenoxy) is 1.